The van der Waals surface area contributed by atoms with Crippen molar-refractivity contribution in [3.63, 3.8) is 0 Å². The van der Waals surface area contributed by atoms with Crippen LogP contribution in [0.4, 0.5) is 17.6 Å². The molecule has 1 rings (SSSR count). The molecule has 0 spiro atoms. The summed E-state index contributed by atoms with van der Waals surface area (Å²) in [6, 6.07) is 0. The summed E-state index contributed by atoms with van der Waals surface area (Å²) in [5.74, 6) is -15.5. The van der Waals surface area contributed by atoms with Gasteiger partial charge in [-0.25, -0.2) is 14.4 Å². The highest BCUT2D eigenvalue weighted by atomic mass is 19.3. The van der Waals surface area contributed by atoms with E-state index in [4.69, 9.17) is 4.74 Å². The number of carbonyl (C=O) groups is 4. The summed E-state index contributed by atoms with van der Waals surface area (Å²) >= 11 is 0. The lowest BCUT2D eigenvalue weighted by Gasteiger charge is -2.28. The molecule has 0 unspecified atom stereocenters. The fourth-order valence-electron chi connectivity index (χ4n) is 1.52. The first-order valence-electron chi connectivity index (χ1n) is 6.84. The topological polar surface area (TPSA) is 108 Å². The summed E-state index contributed by atoms with van der Waals surface area (Å²) in [6.45, 7) is 0.517. The van der Waals surface area contributed by atoms with Crippen LogP contribution in [0.25, 0.3) is 0 Å². The van der Waals surface area contributed by atoms with Crippen molar-refractivity contribution in [1.29, 1.82) is 0 Å². The number of carbonyl (C=O) groups excluding carboxylic acids is 4. The standard InChI is InChI=1S/C8H11F2NO4.C5H6F2O4/c1-14-7(13)8(9,10)6(12)11-2-4-15-5-3-11;1-10-3(8)5(6,7)4(9)11-2/h2-5H2,1H3;1-2H3. The van der Waals surface area contributed by atoms with Crippen molar-refractivity contribution in [2.24, 2.45) is 0 Å². The number of halogens is 4. The highest BCUT2D eigenvalue weighted by Gasteiger charge is 2.51. The minimum absolute atomic E-state index is 0.0609. The lowest BCUT2D eigenvalue weighted by atomic mass is 10.2. The van der Waals surface area contributed by atoms with Gasteiger partial charge in [0.1, 0.15) is 0 Å². The summed E-state index contributed by atoms with van der Waals surface area (Å²) < 4.78 is 66.8. The number of hydrogen-bond acceptors (Lipinski definition) is 8. The predicted molar refractivity (Wildman–Crippen MR) is 73.3 cm³/mol. The van der Waals surface area contributed by atoms with Crippen molar-refractivity contribution < 1.29 is 55.7 Å². The summed E-state index contributed by atoms with van der Waals surface area (Å²) in [5, 5.41) is 0. The van der Waals surface area contributed by atoms with E-state index in [1.165, 1.54) is 0 Å². The number of alkyl halides is 4. The highest BCUT2D eigenvalue weighted by Crippen LogP contribution is 2.19. The SMILES string of the molecule is COC(=O)C(F)(F)C(=O)N1CCOCC1.COC(=O)C(F)(F)C(=O)OC. The number of nitrogens with zero attached hydrogens (tertiary/aromatic N) is 1. The molecule has 0 saturated carbocycles. The van der Waals surface area contributed by atoms with E-state index >= 15 is 0 Å². The van der Waals surface area contributed by atoms with Crippen LogP contribution in [0.5, 0.6) is 0 Å². The van der Waals surface area contributed by atoms with Crippen molar-refractivity contribution in [3.8, 4) is 0 Å². The molecule has 1 aliphatic heterocycles. The van der Waals surface area contributed by atoms with Crippen LogP contribution in [0, 0.1) is 0 Å². The molecule has 13 heteroatoms. The van der Waals surface area contributed by atoms with Crippen LogP contribution in [0.1, 0.15) is 0 Å². The minimum Gasteiger partial charge on any atom is -0.464 e. The van der Waals surface area contributed by atoms with E-state index in [9.17, 15) is 36.7 Å². The molecule has 150 valence electrons. The lowest BCUT2D eigenvalue weighted by molar-refractivity contribution is -0.187. The Labute approximate surface area is 145 Å². The molecule has 0 aromatic heterocycles. The monoisotopic (exact) mass is 391 g/mol. The molecule has 0 atom stereocenters. The maximum Gasteiger partial charge on any atom is 0.437 e. The van der Waals surface area contributed by atoms with E-state index in [0.717, 1.165) is 26.2 Å². The zero-order valence-corrected chi connectivity index (χ0v) is 14.1. The third kappa shape index (κ3) is 5.82. The van der Waals surface area contributed by atoms with Crippen molar-refractivity contribution in [2.45, 2.75) is 11.8 Å². The fraction of sp³-hybridized carbons (Fsp3) is 0.692. The molecule has 26 heavy (non-hydrogen) atoms. The Morgan fingerprint density at radius 2 is 1.12 bits per heavy atom. The van der Waals surface area contributed by atoms with Gasteiger partial charge in [-0.2, -0.15) is 17.6 Å². The minimum atomic E-state index is -4.20. The quantitative estimate of drug-likeness (QED) is 0.276. The molecule has 0 radical (unpaired) electrons. The second-order valence-electron chi connectivity index (χ2n) is 4.53. The summed E-state index contributed by atoms with van der Waals surface area (Å²) in [4.78, 5) is 43.1. The third-order valence-electron chi connectivity index (χ3n) is 2.89. The van der Waals surface area contributed by atoms with Crippen LogP contribution >= 0.6 is 0 Å². The van der Waals surface area contributed by atoms with Crippen molar-refractivity contribution in [3.05, 3.63) is 0 Å². The van der Waals surface area contributed by atoms with Gasteiger partial charge in [-0.3, -0.25) is 4.79 Å². The van der Waals surface area contributed by atoms with Gasteiger partial charge < -0.3 is 23.8 Å². The molecule has 0 bridgehead atoms. The maximum atomic E-state index is 13.1. The van der Waals surface area contributed by atoms with Gasteiger partial charge in [0.15, 0.2) is 0 Å². The number of hydrogen-bond donors (Lipinski definition) is 0. The number of methoxy groups -OCH3 is 3. The second-order valence-corrected chi connectivity index (χ2v) is 4.53. The van der Waals surface area contributed by atoms with Crippen LogP contribution in [0.3, 0.4) is 0 Å². The van der Waals surface area contributed by atoms with Crippen LogP contribution in [-0.2, 0) is 38.1 Å². The van der Waals surface area contributed by atoms with Gasteiger partial charge in [0.25, 0.3) is 0 Å². The smallest absolute Gasteiger partial charge is 0.437 e. The Balaban J connectivity index is 0.000000508. The molecule has 1 fully saturated rings. The number of morpholine rings is 1. The predicted octanol–water partition coefficient (Wildman–Crippen LogP) is -0.379. The molecule has 1 amide bonds. The van der Waals surface area contributed by atoms with E-state index < -0.39 is 35.7 Å². The highest BCUT2D eigenvalue weighted by molar-refractivity contribution is 6.04. The van der Waals surface area contributed by atoms with Crippen molar-refractivity contribution >= 4 is 23.8 Å². The Morgan fingerprint density at radius 3 is 1.46 bits per heavy atom. The van der Waals surface area contributed by atoms with Gasteiger partial charge in [-0.1, -0.05) is 0 Å². The third-order valence-corrected chi connectivity index (χ3v) is 2.89. The molecule has 0 aliphatic carbocycles. The van der Waals surface area contributed by atoms with Crippen molar-refractivity contribution in [1.82, 2.24) is 4.90 Å². The average molecular weight is 391 g/mol. The molecule has 0 aromatic carbocycles. The molecule has 9 nitrogen and oxygen atoms in total. The molecule has 1 aliphatic rings. The first-order chi connectivity index (χ1) is 12.0. The largest absolute Gasteiger partial charge is 0.464 e. The molecule has 1 saturated heterocycles. The van der Waals surface area contributed by atoms with Crippen LogP contribution in [-0.4, -0.2) is 88.2 Å². The average Bonchev–Trinajstić information content (AvgIpc) is 2.66. The molecule has 0 N–H and O–H groups in total. The zero-order valence-electron chi connectivity index (χ0n) is 14.1. The van der Waals surface area contributed by atoms with E-state index in [-0.39, 0.29) is 26.3 Å². The van der Waals surface area contributed by atoms with Crippen molar-refractivity contribution in [2.75, 3.05) is 47.6 Å². The molecular weight excluding hydrogens is 374 g/mol. The first kappa shape index (κ1) is 23.6. The number of rotatable bonds is 4. The molecule has 0 aromatic rings. The Morgan fingerprint density at radius 1 is 0.769 bits per heavy atom. The maximum absolute atomic E-state index is 13.1. The van der Waals surface area contributed by atoms with Gasteiger partial charge in [-0.05, 0) is 0 Å². The summed E-state index contributed by atoms with van der Waals surface area (Å²) in [7, 11) is 2.31. The first-order valence-corrected chi connectivity index (χ1v) is 6.84. The lowest BCUT2D eigenvalue weighted by Crippen LogP contribution is -2.52. The Hall–Kier alpha value is -2.44. The van der Waals surface area contributed by atoms with Crippen LogP contribution < -0.4 is 0 Å². The number of ether oxygens (including phenoxy) is 4. The van der Waals surface area contributed by atoms with E-state index in [2.05, 4.69) is 14.2 Å². The second kappa shape index (κ2) is 9.89. The molecular formula is C13H17F4NO8. The zero-order chi connectivity index (χ0) is 20.5. The number of amides is 1. The van der Waals surface area contributed by atoms with E-state index in [1.807, 2.05) is 0 Å². The van der Waals surface area contributed by atoms with Crippen LogP contribution in [0.15, 0.2) is 0 Å². The van der Waals surface area contributed by atoms with Gasteiger partial charge in [-0.15, -0.1) is 0 Å². The summed E-state index contributed by atoms with van der Waals surface area (Å²) in [5.41, 5.74) is 0. The van der Waals surface area contributed by atoms with E-state index in [1.54, 1.807) is 0 Å². The van der Waals surface area contributed by atoms with Gasteiger partial charge in [0, 0.05) is 13.1 Å². The van der Waals surface area contributed by atoms with Gasteiger partial charge in [0.2, 0.25) is 0 Å². The normalized spacial score (nSPS) is 14.5. The van der Waals surface area contributed by atoms with Gasteiger partial charge in [0.05, 0.1) is 34.5 Å². The summed E-state index contributed by atoms with van der Waals surface area (Å²) in [6.07, 6.45) is 0. The van der Waals surface area contributed by atoms with Gasteiger partial charge >= 0.3 is 35.7 Å². The number of esters is 3. The Bertz CT molecular complexity index is 516. The Kier molecular flexibility index (Phi) is 8.96. The van der Waals surface area contributed by atoms with E-state index in [0.29, 0.717) is 0 Å². The fourth-order valence-corrected chi connectivity index (χ4v) is 1.52. The van der Waals surface area contributed by atoms with Crippen LogP contribution in [0.2, 0.25) is 0 Å². The molecule has 1 heterocycles.